The summed E-state index contributed by atoms with van der Waals surface area (Å²) in [6.07, 6.45) is 2.49. The highest BCUT2D eigenvalue weighted by Gasteiger charge is 2.38. The Balaban J connectivity index is 1.57. The van der Waals surface area contributed by atoms with E-state index in [9.17, 15) is 10.1 Å². The molecule has 1 aliphatic rings. The number of fused-ring (bicyclic) bond motifs is 1. The van der Waals surface area contributed by atoms with Crippen molar-refractivity contribution < 1.29 is 9.47 Å². The fourth-order valence-corrected chi connectivity index (χ4v) is 4.30. The van der Waals surface area contributed by atoms with Gasteiger partial charge in [-0.1, -0.05) is 13.8 Å². The molecule has 3 aromatic rings. The third-order valence-electron chi connectivity index (χ3n) is 6.00. The van der Waals surface area contributed by atoms with Crippen LogP contribution in [0.4, 0.5) is 5.69 Å². The summed E-state index contributed by atoms with van der Waals surface area (Å²) >= 11 is 0. The van der Waals surface area contributed by atoms with Crippen molar-refractivity contribution in [2.24, 2.45) is 12.5 Å². The summed E-state index contributed by atoms with van der Waals surface area (Å²) in [7, 11) is 1.72. The van der Waals surface area contributed by atoms with Gasteiger partial charge in [0.05, 0.1) is 23.5 Å². The summed E-state index contributed by atoms with van der Waals surface area (Å²) in [5.41, 5.74) is 2.14. The summed E-state index contributed by atoms with van der Waals surface area (Å²) in [4.78, 5) is 23.7. The van der Waals surface area contributed by atoms with E-state index in [4.69, 9.17) is 9.47 Å². The van der Waals surface area contributed by atoms with E-state index in [1.165, 1.54) is 0 Å². The topological polar surface area (TPSA) is 93.3 Å². The number of piperidine rings is 1. The molecule has 0 N–H and O–H groups in total. The van der Waals surface area contributed by atoms with Gasteiger partial charge in [-0.2, -0.15) is 5.26 Å². The molecule has 0 spiro atoms. The zero-order chi connectivity index (χ0) is 23.8. The van der Waals surface area contributed by atoms with E-state index in [0.717, 1.165) is 12.1 Å². The van der Waals surface area contributed by atoms with Crippen LogP contribution in [0.2, 0.25) is 0 Å². The van der Waals surface area contributed by atoms with Crippen LogP contribution in [0.25, 0.3) is 11.0 Å². The monoisotopic (exact) mass is 447 g/mol. The van der Waals surface area contributed by atoms with E-state index < -0.39 is 0 Å². The van der Waals surface area contributed by atoms with Gasteiger partial charge in [-0.15, -0.1) is 0 Å². The molecule has 4 rings (SSSR count). The van der Waals surface area contributed by atoms with Gasteiger partial charge in [0.1, 0.15) is 29.1 Å². The smallest absolute Gasteiger partial charge is 0.252 e. The van der Waals surface area contributed by atoms with Crippen LogP contribution in [0.3, 0.4) is 0 Å². The van der Waals surface area contributed by atoms with Gasteiger partial charge < -0.3 is 18.9 Å². The zero-order valence-corrected chi connectivity index (χ0v) is 19.7. The van der Waals surface area contributed by atoms with Gasteiger partial charge in [0, 0.05) is 44.1 Å². The molecule has 1 atom stereocenters. The van der Waals surface area contributed by atoms with E-state index in [1.54, 1.807) is 36.0 Å². The van der Waals surface area contributed by atoms with Crippen molar-refractivity contribution in [3.8, 4) is 17.7 Å². The second-order valence-electron chi connectivity index (χ2n) is 9.41. The lowest BCUT2D eigenvalue weighted by Crippen LogP contribution is -2.51. The van der Waals surface area contributed by atoms with Crippen LogP contribution in [0.1, 0.15) is 39.8 Å². The molecule has 4 heterocycles. The molecule has 0 bridgehead atoms. The fourth-order valence-electron chi connectivity index (χ4n) is 4.30. The molecule has 172 valence electrons. The predicted octanol–water partition coefficient (Wildman–Crippen LogP) is 3.67. The molecule has 0 radical (unpaired) electrons. The molecule has 1 fully saturated rings. The summed E-state index contributed by atoms with van der Waals surface area (Å²) in [5, 5.41) is 9.32. The molecule has 1 saturated heterocycles. The zero-order valence-electron chi connectivity index (χ0n) is 19.7. The van der Waals surface area contributed by atoms with Crippen molar-refractivity contribution in [2.75, 3.05) is 18.0 Å². The number of anilines is 1. The first-order valence-corrected chi connectivity index (χ1v) is 11.1. The first-order chi connectivity index (χ1) is 15.7. The summed E-state index contributed by atoms with van der Waals surface area (Å²) < 4.78 is 13.5. The normalized spacial score (nSPS) is 17.7. The Kier molecular flexibility index (Phi) is 5.98. The van der Waals surface area contributed by atoms with Crippen molar-refractivity contribution in [1.29, 1.82) is 5.26 Å². The molecule has 0 unspecified atom stereocenters. The molecule has 0 saturated carbocycles. The molecule has 0 amide bonds. The standard InChI is InChI=1S/C25H29N5O3/c1-16(2)32-18-7-9-22(27-14-18)33-21-10-11-30(15-25(21,3)4)20-12-23(31)29(5)19-8-6-17(13-26)28-24(19)20/h6-9,12,14,16,21H,10-11,15H2,1-5H3/t21-/m1/s1. The summed E-state index contributed by atoms with van der Waals surface area (Å²) in [6.45, 7) is 9.62. The van der Waals surface area contributed by atoms with Gasteiger partial charge in [0.25, 0.3) is 5.56 Å². The maximum atomic E-state index is 12.6. The lowest BCUT2D eigenvalue weighted by Gasteiger charge is -2.44. The molecular weight excluding hydrogens is 418 g/mol. The minimum absolute atomic E-state index is 0.0430. The van der Waals surface area contributed by atoms with Crippen molar-refractivity contribution in [3.63, 3.8) is 0 Å². The number of aromatic nitrogens is 3. The van der Waals surface area contributed by atoms with Gasteiger partial charge in [0.2, 0.25) is 5.88 Å². The molecule has 1 aliphatic heterocycles. The predicted molar refractivity (Wildman–Crippen MR) is 127 cm³/mol. The number of nitriles is 1. The largest absolute Gasteiger partial charge is 0.489 e. The molecule has 33 heavy (non-hydrogen) atoms. The molecule has 0 aromatic carbocycles. The van der Waals surface area contributed by atoms with Gasteiger partial charge >= 0.3 is 0 Å². The first-order valence-electron chi connectivity index (χ1n) is 11.1. The van der Waals surface area contributed by atoms with Crippen molar-refractivity contribution >= 4 is 16.7 Å². The quantitative estimate of drug-likeness (QED) is 0.589. The van der Waals surface area contributed by atoms with Gasteiger partial charge in [0.15, 0.2) is 0 Å². The van der Waals surface area contributed by atoms with Crippen LogP contribution in [0.5, 0.6) is 11.6 Å². The first kappa shape index (κ1) is 22.6. The second-order valence-corrected chi connectivity index (χ2v) is 9.41. The summed E-state index contributed by atoms with van der Waals surface area (Å²) in [5.74, 6) is 1.28. The van der Waals surface area contributed by atoms with Gasteiger partial charge in [-0.25, -0.2) is 9.97 Å². The molecule has 8 heteroatoms. The van der Waals surface area contributed by atoms with Crippen LogP contribution in [-0.2, 0) is 7.05 Å². The Labute approximate surface area is 193 Å². The number of nitrogens with zero attached hydrogens (tertiary/aromatic N) is 5. The van der Waals surface area contributed by atoms with Crippen LogP contribution in [0, 0.1) is 16.7 Å². The number of hydrogen-bond acceptors (Lipinski definition) is 7. The minimum atomic E-state index is -0.215. The average Bonchev–Trinajstić information content (AvgIpc) is 2.78. The molecule has 3 aromatic heterocycles. The Morgan fingerprint density at radius 1 is 1.24 bits per heavy atom. The Bertz CT molecular complexity index is 1260. The number of hydrogen-bond donors (Lipinski definition) is 0. The van der Waals surface area contributed by atoms with Gasteiger partial charge in [-0.05, 0) is 32.0 Å². The van der Waals surface area contributed by atoms with E-state index >= 15 is 0 Å². The van der Waals surface area contributed by atoms with Crippen molar-refractivity contribution in [3.05, 3.63) is 52.6 Å². The minimum Gasteiger partial charge on any atom is -0.489 e. The highest BCUT2D eigenvalue weighted by molar-refractivity contribution is 5.88. The lowest BCUT2D eigenvalue weighted by molar-refractivity contribution is 0.0512. The number of aryl methyl sites for hydroxylation is 1. The van der Waals surface area contributed by atoms with Gasteiger partial charge in [-0.3, -0.25) is 4.79 Å². The van der Waals surface area contributed by atoms with E-state index in [-0.39, 0.29) is 23.2 Å². The van der Waals surface area contributed by atoms with Crippen LogP contribution in [-0.4, -0.2) is 39.8 Å². The maximum Gasteiger partial charge on any atom is 0.252 e. The van der Waals surface area contributed by atoms with E-state index in [2.05, 4.69) is 34.8 Å². The van der Waals surface area contributed by atoms with Crippen LogP contribution < -0.4 is 19.9 Å². The van der Waals surface area contributed by atoms with Crippen LogP contribution in [0.15, 0.2) is 41.3 Å². The second kappa shape index (κ2) is 8.74. The Morgan fingerprint density at radius 3 is 2.67 bits per heavy atom. The van der Waals surface area contributed by atoms with Crippen molar-refractivity contribution in [2.45, 2.75) is 46.3 Å². The number of ether oxygens (including phenoxy) is 2. The molecule has 8 nitrogen and oxygen atoms in total. The highest BCUT2D eigenvalue weighted by atomic mass is 16.5. The number of rotatable bonds is 5. The third-order valence-corrected chi connectivity index (χ3v) is 6.00. The Morgan fingerprint density at radius 2 is 2.03 bits per heavy atom. The third kappa shape index (κ3) is 4.63. The maximum absolute atomic E-state index is 12.6. The summed E-state index contributed by atoms with van der Waals surface area (Å²) in [6, 6.07) is 10.8. The van der Waals surface area contributed by atoms with E-state index in [1.807, 2.05) is 26.0 Å². The SMILES string of the molecule is CC(C)Oc1ccc(O[C@@H]2CCN(c3cc(=O)n(C)c4ccc(C#N)nc34)CC2(C)C)nc1. The lowest BCUT2D eigenvalue weighted by atomic mass is 9.80. The fraction of sp³-hybridized carbons (Fsp3) is 0.440. The molecular formula is C25H29N5O3. The Hall–Kier alpha value is -3.60. The average molecular weight is 448 g/mol. The molecule has 0 aliphatic carbocycles. The van der Waals surface area contributed by atoms with Crippen LogP contribution >= 0.6 is 0 Å². The van der Waals surface area contributed by atoms with Crippen molar-refractivity contribution in [1.82, 2.24) is 14.5 Å². The number of pyridine rings is 3. The van der Waals surface area contributed by atoms with E-state index in [0.29, 0.717) is 41.4 Å². The highest BCUT2D eigenvalue weighted by Crippen LogP contribution is 2.36.